The van der Waals surface area contributed by atoms with E-state index in [9.17, 15) is 13.2 Å². The molecular formula is C21H25ClN2O4S. The Morgan fingerprint density at radius 3 is 2.55 bits per heavy atom. The molecule has 1 atom stereocenters. The van der Waals surface area contributed by atoms with Crippen molar-refractivity contribution < 1.29 is 17.9 Å². The Morgan fingerprint density at radius 2 is 1.90 bits per heavy atom. The second-order valence-corrected chi connectivity index (χ2v) is 9.42. The van der Waals surface area contributed by atoms with Crippen LogP contribution in [0.2, 0.25) is 5.02 Å². The molecule has 0 aromatic heterocycles. The number of esters is 1. The molecule has 6 nitrogen and oxygen atoms in total. The van der Waals surface area contributed by atoms with E-state index >= 15 is 0 Å². The maximum atomic E-state index is 12.9. The quantitative estimate of drug-likeness (QED) is 0.511. The molecule has 1 heterocycles. The summed E-state index contributed by atoms with van der Waals surface area (Å²) in [6, 6.07) is 13.5. The van der Waals surface area contributed by atoms with Crippen LogP contribution in [0.4, 0.5) is 0 Å². The molecule has 1 saturated heterocycles. The first-order chi connectivity index (χ1) is 13.8. The van der Waals surface area contributed by atoms with E-state index in [2.05, 4.69) is 4.90 Å². The van der Waals surface area contributed by atoms with Crippen LogP contribution in [0.5, 0.6) is 5.75 Å². The zero-order valence-corrected chi connectivity index (χ0v) is 18.1. The van der Waals surface area contributed by atoms with E-state index in [1.807, 2.05) is 6.92 Å². The number of sulfonamides is 1. The zero-order valence-electron chi connectivity index (χ0n) is 16.5. The first kappa shape index (κ1) is 21.8. The maximum Gasteiger partial charge on any atom is 0.310 e. The van der Waals surface area contributed by atoms with E-state index in [1.165, 1.54) is 0 Å². The van der Waals surface area contributed by atoms with Crippen molar-refractivity contribution >= 4 is 27.6 Å². The number of halogens is 1. The highest BCUT2D eigenvalue weighted by atomic mass is 35.5. The van der Waals surface area contributed by atoms with E-state index in [0.717, 1.165) is 5.56 Å². The van der Waals surface area contributed by atoms with Crippen LogP contribution in [0, 0.1) is 0 Å². The molecule has 156 valence electrons. The van der Waals surface area contributed by atoms with Crippen molar-refractivity contribution in [2.45, 2.75) is 37.8 Å². The Morgan fingerprint density at radius 1 is 1.17 bits per heavy atom. The van der Waals surface area contributed by atoms with Gasteiger partial charge in [-0.3, -0.25) is 9.69 Å². The van der Waals surface area contributed by atoms with E-state index in [-0.39, 0.29) is 18.4 Å². The smallest absolute Gasteiger partial charge is 0.310 e. The molecule has 1 aliphatic heterocycles. The minimum atomic E-state index is -3.53. The van der Waals surface area contributed by atoms with Crippen molar-refractivity contribution in [1.82, 2.24) is 9.21 Å². The lowest BCUT2D eigenvalue weighted by atomic mass is 10.1. The molecule has 2 aromatic rings. The van der Waals surface area contributed by atoms with E-state index in [1.54, 1.807) is 59.8 Å². The standard InChI is InChI=1S/C21H25ClN2O4S/c1-3-21(25)28-20-10-9-18(22)13-17(20)15-23-11-12-24(16(2)14-23)29(26,27)19-7-5-4-6-8-19/h4-10,13,16H,3,11-12,14-15H2,1-2H3/t16-/m0/s1. The Balaban J connectivity index is 1.72. The highest BCUT2D eigenvalue weighted by Gasteiger charge is 2.33. The van der Waals surface area contributed by atoms with Crippen LogP contribution in [0.25, 0.3) is 0 Å². The number of nitrogens with zero attached hydrogens (tertiary/aromatic N) is 2. The van der Waals surface area contributed by atoms with Gasteiger partial charge in [-0.15, -0.1) is 0 Å². The van der Waals surface area contributed by atoms with E-state index < -0.39 is 10.0 Å². The first-order valence-electron chi connectivity index (χ1n) is 9.59. The molecule has 1 fully saturated rings. The Labute approximate surface area is 177 Å². The number of piperazine rings is 1. The number of carbonyl (C=O) groups excluding carboxylic acids is 1. The number of rotatable bonds is 6. The van der Waals surface area contributed by atoms with Crippen molar-refractivity contribution in [3.8, 4) is 5.75 Å². The molecule has 0 aliphatic carbocycles. The summed E-state index contributed by atoms with van der Waals surface area (Å²) in [5.74, 6) is 0.189. The first-order valence-corrected chi connectivity index (χ1v) is 11.4. The number of ether oxygens (including phenoxy) is 1. The fourth-order valence-electron chi connectivity index (χ4n) is 3.45. The third kappa shape index (κ3) is 5.17. The topological polar surface area (TPSA) is 66.9 Å². The Kier molecular flexibility index (Phi) is 6.95. The lowest BCUT2D eigenvalue weighted by Crippen LogP contribution is -2.53. The van der Waals surface area contributed by atoms with Gasteiger partial charge in [0.05, 0.1) is 4.90 Å². The fourth-order valence-corrected chi connectivity index (χ4v) is 5.28. The van der Waals surface area contributed by atoms with Crippen molar-refractivity contribution in [3.63, 3.8) is 0 Å². The minimum absolute atomic E-state index is 0.185. The number of hydrogen-bond acceptors (Lipinski definition) is 5. The normalized spacial score (nSPS) is 18.5. The average Bonchev–Trinajstić information content (AvgIpc) is 2.70. The van der Waals surface area contributed by atoms with Gasteiger partial charge in [0.1, 0.15) is 5.75 Å². The van der Waals surface area contributed by atoms with Crippen molar-refractivity contribution in [3.05, 3.63) is 59.1 Å². The molecule has 8 heteroatoms. The molecule has 0 bridgehead atoms. The SMILES string of the molecule is CCC(=O)Oc1ccc(Cl)cc1CN1CCN(S(=O)(=O)c2ccccc2)[C@@H](C)C1. The highest BCUT2D eigenvalue weighted by Crippen LogP contribution is 2.27. The minimum Gasteiger partial charge on any atom is -0.426 e. The van der Waals surface area contributed by atoms with Gasteiger partial charge in [-0.05, 0) is 37.3 Å². The fraction of sp³-hybridized carbons (Fsp3) is 0.381. The van der Waals surface area contributed by atoms with Gasteiger partial charge in [0, 0.05) is 49.2 Å². The summed E-state index contributed by atoms with van der Waals surface area (Å²) < 4.78 is 32.9. The van der Waals surface area contributed by atoms with Crippen LogP contribution in [-0.4, -0.2) is 49.3 Å². The number of benzene rings is 2. The van der Waals surface area contributed by atoms with Crippen molar-refractivity contribution in [2.24, 2.45) is 0 Å². The van der Waals surface area contributed by atoms with Gasteiger partial charge in [-0.25, -0.2) is 8.42 Å². The van der Waals surface area contributed by atoms with Gasteiger partial charge in [0.2, 0.25) is 10.0 Å². The number of hydrogen-bond donors (Lipinski definition) is 0. The lowest BCUT2D eigenvalue weighted by Gasteiger charge is -2.39. The molecular weight excluding hydrogens is 412 g/mol. The Bertz CT molecular complexity index is 966. The van der Waals surface area contributed by atoms with E-state index in [0.29, 0.717) is 41.8 Å². The molecule has 0 saturated carbocycles. The molecule has 2 aromatic carbocycles. The van der Waals surface area contributed by atoms with Crippen LogP contribution in [-0.2, 0) is 21.4 Å². The summed E-state index contributed by atoms with van der Waals surface area (Å²) in [6.45, 7) is 5.71. The monoisotopic (exact) mass is 436 g/mol. The molecule has 3 rings (SSSR count). The van der Waals surface area contributed by atoms with Crippen molar-refractivity contribution in [1.29, 1.82) is 0 Å². The summed E-state index contributed by atoms with van der Waals surface area (Å²) in [6.07, 6.45) is 0.287. The van der Waals surface area contributed by atoms with Crippen LogP contribution < -0.4 is 4.74 Å². The van der Waals surface area contributed by atoms with Crippen LogP contribution in [0.15, 0.2) is 53.4 Å². The highest BCUT2D eigenvalue weighted by molar-refractivity contribution is 7.89. The summed E-state index contributed by atoms with van der Waals surface area (Å²) in [5.41, 5.74) is 0.811. The summed E-state index contributed by atoms with van der Waals surface area (Å²) >= 11 is 6.14. The number of carbonyl (C=O) groups is 1. The lowest BCUT2D eigenvalue weighted by molar-refractivity contribution is -0.134. The molecule has 0 spiro atoms. The van der Waals surface area contributed by atoms with Gasteiger partial charge in [-0.1, -0.05) is 36.7 Å². The van der Waals surface area contributed by atoms with Gasteiger partial charge < -0.3 is 4.74 Å². The summed E-state index contributed by atoms with van der Waals surface area (Å²) in [4.78, 5) is 14.2. The van der Waals surface area contributed by atoms with Crippen LogP contribution in [0.1, 0.15) is 25.8 Å². The largest absolute Gasteiger partial charge is 0.426 e. The predicted molar refractivity (Wildman–Crippen MR) is 112 cm³/mol. The maximum absolute atomic E-state index is 12.9. The third-order valence-electron chi connectivity index (χ3n) is 4.93. The van der Waals surface area contributed by atoms with Gasteiger partial charge in [0.15, 0.2) is 0 Å². The second kappa shape index (κ2) is 9.26. The van der Waals surface area contributed by atoms with Gasteiger partial charge >= 0.3 is 5.97 Å². The molecule has 0 N–H and O–H groups in total. The van der Waals surface area contributed by atoms with Crippen molar-refractivity contribution in [2.75, 3.05) is 19.6 Å². The van der Waals surface area contributed by atoms with Crippen LogP contribution >= 0.6 is 11.6 Å². The molecule has 0 unspecified atom stereocenters. The molecule has 1 aliphatic rings. The average molecular weight is 437 g/mol. The van der Waals surface area contributed by atoms with Gasteiger partial charge in [0.25, 0.3) is 0 Å². The molecule has 0 amide bonds. The summed E-state index contributed by atoms with van der Waals surface area (Å²) in [5, 5.41) is 0.564. The summed E-state index contributed by atoms with van der Waals surface area (Å²) in [7, 11) is -3.53. The van der Waals surface area contributed by atoms with Gasteiger partial charge in [-0.2, -0.15) is 4.31 Å². The molecule has 29 heavy (non-hydrogen) atoms. The molecule has 0 radical (unpaired) electrons. The third-order valence-corrected chi connectivity index (χ3v) is 7.19. The predicted octanol–water partition coefficient (Wildman–Crippen LogP) is 3.55. The van der Waals surface area contributed by atoms with E-state index in [4.69, 9.17) is 16.3 Å². The van der Waals surface area contributed by atoms with Crippen LogP contribution in [0.3, 0.4) is 0 Å². The second-order valence-electron chi connectivity index (χ2n) is 7.09. The zero-order chi connectivity index (χ0) is 21.0. The Hall–Kier alpha value is -1.93.